The van der Waals surface area contributed by atoms with Gasteiger partial charge in [0.05, 0.1) is 0 Å². The van der Waals surface area contributed by atoms with Crippen LogP contribution in [0.4, 0.5) is 0 Å². The molecule has 0 aliphatic carbocycles. The van der Waals surface area contributed by atoms with E-state index in [-0.39, 0.29) is 6.15 Å². The average molecular weight is 277 g/mol. The summed E-state index contributed by atoms with van der Waals surface area (Å²) in [4.78, 5) is 0. The summed E-state index contributed by atoms with van der Waals surface area (Å²) in [5, 5.41) is 16.8. The highest BCUT2D eigenvalue weighted by atomic mass is 16.3. The first kappa shape index (κ1) is 23.9. The lowest BCUT2D eigenvalue weighted by Gasteiger charge is -1.95. The first-order chi connectivity index (χ1) is 8.83. The van der Waals surface area contributed by atoms with Crippen molar-refractivity contribution in [3.05, 3.63) is 0 Å². The first-order valence-corrected chi connectivity index (χ1v) is 8.05. The van der Waals surface area contributed by atoms with E-state index in [2.05, 4.69) is 13.8 Å². The summed E-state index contributed by atoms with van der Waals surface area (Å²) in [7, 11) is 0. The van der Waals surface area contributed by atoms with Crippen molar-refractivity contribution in [2.75, 3.05) is 13.2 Å². The van der Waals surface area contributed by atoms with Crippen LogP contribution in [0.25, 0.3) is 0 Å². The Morgan fingerprint density at radius 3 is 1.00 bits per heavy atom. The van der Waals surface area contributed by atoms with Gasteiger partial charge < -0.3 is 16.4 Å². The molecule has 0 atom stereocenters. The fourth-order valence-corrected chi connectivity index (χ4v) is 1.78. The number of hydrogen-bond donors (Lipinski definition) is 3. The Kier molecular flexibility index (Phi) is 33.3. The van der Waals surface area contributed by atoms with Crippen molar-refractivity contribution in [1.82, 2.24) is 6.15 Å². The lowest BCUT2D eigenvalue weighted by molar-refractivity contribution is 0.282. The minimum atomic E-state index is 0. The zero-order valence-electron chi connectivity index (χ0n) is 13.5. The molecule has 0 radical (unpaired) electrons. The molecule has 3 nitrogen and oxygen atoms in total. The molecule has 19 heavy (non-hydrogen) atoms. The number of hydrogen-bond acceptors (Lipinski definition) is 3. The summed E-state index contributed by atoms with van der Waals surface area (Å²) in [5.41, 5.74) is 0. The molecule has 0 rings (SSSR count). The lowest BCUT2D eigenvalue weighted by atomic mass is 10.1. The Balaban J connectivity index is -0.000000256. The van der Waals surface area contributed by atoms with Crippen LogP contribution in [0.15, 0.2) is 0 Å². The molecular weight excluding hydrogens is 238 g/mol. The largest absolute Gasteiger partial charge is 0.396 e. The molecule has 5 N–H and O–H groups in total. The summed E-state index contributed by atoms with van der Waals surface area (Å²) in [6.07, 6.45) is 15.0. The van der Waals surface area contributed by atoms with Crippen molar-refractivity contribution in [1.29, 1.82) is 0 Å². The molecule has 0 unspecified atom stereocenters. The highest BCUT2D eigenvalue weighted by Gasteiger charge is 1.87. The van der Waals surface area contributed by atoms with Crippen LogP contribution in [-0.4, -0.2) is 23.4 Å². The highest BCUT2D eigenvalue weighted by Crippen LogP contribution is 2.04. The van der Waals surface area contributed by atoms with Gasteiger partial charge in [-0.05, 0) is 12.8 Å². The third-order valence-electron chi connectivity index (χ3n) is 3.02. The normalized spacial score (nSPS) is 9.47. The molecule has 0 heterocycles. The maximum Gasteiger partial charge on any atom is 0.0431 e. The van der Waals surface area contributed by atoms with E-state index in [1.807, 2.05) is 0 Å². The van der Waals surface area contributed by atoms with Crippen molar-refractivity contribution >= 4 is 0 Å². The van der Waals surface area contributed by atoms with E-state index < -0.39 is 0 Å². The van der Waals surface area contributed by atoms with Crippen LogP contribution in [0.5, 0.6) is 0 Å². The Bertz CT molecular complexity index is 95.3. The second kappa shape index (κ2) is 26.4. The molecule has 3 heteroatoms. The SMILES string of the molecule is CCCCCCCCO.CCCCCCCCO.N. The zero-order chi connectivity index (χ0) is 13.9. The Hall–Kier alpha value is -0.120. The third-order valence-corrected chi connectivity index (χ3v) is 3.02. The van der Waals surface area contributed by atoms with Gasteiger partial charge in [-0.15, -0.1) is 0 Å². The molecule has 0 aliphatic heterocycles. The van der Waals surface area contributed by atoms with Crippen LogP contribution in [0.1, 0.15) is 90.9 Å². The van der Waals surface area contributed by atoms with Crippen LogP contribution in [0.3, 0.4) is 0 Å². The molecule has 0 fully saturated rings. The minimum absolute atomic E-state index is 0. The molecule has 0 saturated heterocycles. The van der Waals surface area contributed by atoms with Gasteiger partial charge in [0.25, 0.3) is 0 Å². The second-order valence-electron chi connectivity index (χ2n) is 4.98. The van der Waals surface area contributed by atoms with E-state index in [9.17, 15) is 0 Å². The monoisotopic (exact) mass is 277 g/mol. The van der Waals surface area contributed by atoms with E-state index in [1.54, 1.807) is 0 Å². The standard InChI is InChI=1S/2C8H18O.H3N/c2*1-2-3-4-5-6-7-8-9;/h2*9H,2-8H2,1H3;1H3. The molecular formula is C16H39NO2. The van der Waals surface area contributed by atoms with Crippen molar-refractivity contribution in [3.8, 4) is 0 Å². The summed E-state index contributed by atoms with van der Waals surface area (Å²) < 4.78 is 0. The van der Waals surface area contributed by atoms with Crippen molar-refractivity contribution in [2.45, 2.75) is 90.9 Å². The van der Waals surface area contributed by atoms with Gasteiger partial charge in [0.15, 0.2) is 0 Å². The molecule has 0 aromatic heterocycles. The smallest absolute Gasteiger partial charge is 0.0431 e. The van der Waals surface area contributed by atoms with Gasteiger partial charge >= 0.3 is 0 Å². The van der Waals surface area contributed by atoms with Gasteiger partial charge in [0, 0.05) is 13.2 Å². The summed E-state index contributed by atoms with van der Waals surface area (Å²) in [6.45, 7) is 5.16. The Morgan fingerprint density at radius 1 is 0.474 bits per heavy atom. The molecule has 0 aromatic rings. The maximum absolute atomic E-state index is 8.42. The molecule has 0 bridgehead atoms. The molecule has 0 saturated carbocycles. The highest BCUT2D eigenvalue weighted by molar-refractivity contribution is 4.42. The maximum atomic E-state index is 8.42. The van der Waals surface area contributed by atoms with Crippen LogP contribution < -0.4 is 6.15 Å². The topological polar surface area (TPSA) is 75.5 Å². The molecule has 0 spiro atoms. The minimum Gasteiger partial charge on any atom is -0.396 e. The van der Waals surface area contributed by atoms with Gasteiger partial charge in [0.2, 0.25) is 0 Å². The fourth-order valence-electron chi connectivity index (χ4n) is 1.78. The van der Waals surface area contributed by atoms with E-state index in [1.165, 1.54) is 64.2 Å². The van der Waals surface area contributed by atoms with Crippen molar-refractivity contribution in [3.63, 3.8) is 0 Å². The van der Waals surface area contributed by atoms with Crippen molar-refractivity contribution in [2.24, 2.45) is 0 Å². The summed E-state index contributed by atoms with van der Waals surface area (Å²) in [5.74, 6) is 0. The van der Waals surface area contributed by atoms with Gasteiger partial charge in [-0.3, -0.25) is 0 Å². The predicted molar refractivity (Wildman–Crippen MR) is 85.9 cm³/mol. The number of aliphatic hydroxyl groups excluding tert-OH is 2. The van der Waals surface area contributed by atoms with Gasteiger partial charge in [-0.1, -0.05) is 78.1 Å². The van der Waals surface area contributed by atoms with E-state index in [0.717, 1.165) is 12.8 Å². The first-order valence-electron chi connectivity index (χ1n) is 8.05. The van der Waals surface area contributed by atoms with Crippen LogP contribution >= 0.6 is 0 Å². The summed E-state index contributed by atoms with van der Waals surface area (Å²) >= 11 is 0. The molecule has 0 aliphatic rings. The molecule has 120 valence electrons. The fraction of sp³-hybridized carbons (Fsp3) is 1.00. The number of aliphatic hydroxyl groups is 2. The van der Waals surface area contributed by atoms with Crippen molar-refractivity contribution < 1.29 is 10.2 Å². The third kappa shape index (κ3) is 31.9. The Morgan fingerprint density at radius 2 is 0.737 bits per heavy atom. The number of rotatable bonds is 12. The summed E-state index contributed by atoms with van der Waals surface area (Å²) in [6, 6.07) is 0. The van der Waals surface area contributed by atoms with E-state index >= 15 is 0 Å². The average Bonchev–Trinajstić information content (AvgIpc) is 2.39. The van der Waals surface area contributed by atoms with Gasteiger partial charge in [0.1, 0.15) is 0 Å². The molecule has 0 aromatic carbocycles. The Labute approximate surface area is 121 Å². The molecule has 0 amide bonds. The quantitative estimate of drug-likeness (QED) is 0.447. The number of unbranched alkanes of at least 4 members (excludes halogenated alkanes) is 10. The van der Waals surface area contributed by atoms with Gasteiger partial charge in [-0.2, -0.15) is 0 Å². The van der Waals surface area contributed by atoms with E-state index in [4.69, 9.17) is 10.2 Å². The van der Waals surface area contributed by atoms with E-state index in [0.29, 0.717) is 13.2 Å². The van der Waals surface area contributed by atoms with Crippen LogP contribution in [-0.2, 0) is 0 Å². The van der Waals surface area contributed by atoms with Gasteiger partial charge in [-0.25, -0.2) is 0 Å². The second-order valence-corrected chi connectivity index (χ2v) is 4.98. The van der Waals surface area contributed by atoms with Crippen LogP contribution in [0, 0.1) is 0 Å². The zero-order valence-corrected chi connectivity index (χ0v) is 13.5. The van der Waals surface area contributed by atoms with Crippen LogP contribution in [0.2, 0.25) is 0 Å². The predicted octanol–water partition coefficient (Wildman–Crippen LogP) is 4.84. The lowest BCUT2D eigenvalue weighted by Crippen LogP contribution is -1.82.